The van der Waals surface area contributed by atoms with Crippen LogP contribution in [0.3, 0.4) is 0 Å². The Balaban J connectivity index is 2.54. The number of rotatable bonds is 7. The van der Waals surface area contributed by atoms with Gasteiger partial charge in [-0.2, -0.15) is 0 Å². The Morgan fingerprint density at radius 3 is 2.38 bits per heavy atom. The standard InChI is InChI=1S/C15H25NO5/c1-3-21-15(20)10(2)9-12(14(18)19)16-13(17)11-7-5-4-6-8-11/h10-12H,3-9H2,1-2H3,(H,16,17)(H,18,19)/t10-,12+/m0/s1. The van der Waals surface area contributed by atoms with E-state index in [0.29, 0.717) is 0 Å². The molecule has 1 saturated carbocycles. The van der Waals surface area contributed by atoms with Gasteiger partial charge in [0.25, 0.3) is 0 Å². The van der Waals surface area contributed by atoms with Crippen molar-refractivity contribution in [2.75, 3.05) is 6.61 Å². The summed E-state index contributed by atoms with van der Waals surface area (Å²) in [6.45, 7) is 3.57. The van der Waals surface area contributed by atoms with Crippen LogP contribution >= 0.6 is 0 Å². The molecule has 0 aliphatic heterocycles. The number of hydrogen-bond donors (Lipinski definition) is 2. The summed E-state index contributed by atoms with van der Waals surface area (Å²) in [6, 6.07) is -1.04. The van der Waals surface area contributed by atoms with Crippen LogP contribution in [0, 0.1) is 11.8 Å². The lowest BCUT2D eigenvalue weighted by atomic mass is 9.88. The fraction of sp³-hybridized carbons (Fsp3) is 0.800. The van der Waals surface area contributed by atoms with Crippen molar-refractivity contribution in [3.8, 4) is 0 Å². The number of amides is 1. The molecule has 1 amide bonds. The van der Waals surface area contributed by atoms with Crippen LogP contribution < -0.4 is 5.32 Å². The van der Waals surface area contributed by atoms with E-state index < -0.39 is 23.9 Å². The Hall–Kier alpha value is -1.59. The van der Waals surface area contributed by atoms with Gasteiger partial charge in [0.15, 0.2) is 0 Å². The number of esters is 1. The highest BCUT2D eigenvalue weighted by Gasteiger charge is 2.29. The maximum absolute atomic E-state index is 12.1. The zero-order valence-corrected chi connectivity index (χ0v) is 12.8. The number of carboxylic acids is 1. The number of carboxylic acid groups (broad SMARTS) is 1. The molecule has 0 heterocycles. The minimum atomic E-state index is -1.12. The summed E-state index contributed by atoms with van der Waals surface area (Å²) in [4.78, 5) is 34.9. The first-order valence-corrected chi connectivity index (χ1v) is 7.65. The molecular weight excluding hydrogens is 274 g/mol. The minimum absolute atomic E-state index is 0.0482. The third-order valence-electron chi connectivity index (χ3n) is 3.87. The maximum atomic E-state index is 12.1. The van der Waals surface area contributed by atoms with E-state index in [1.54, 1.807) is 13.8 Å². The van der Waals surface area contributed by atoms with Crippen molar-refractivity contribution in [2.45, 2.75) is 58.4 Å². The molecular formula is C15H25NO5. The number of nitrogens with one attached hydrogen (secondary N) is 1. The number of aliphatic carboxylic acids is 1. The van der Waals surface area contributed by atoms with Crippen LogP contribution in [0.4, 0.5) is 0 Å². The highest BCUT2D eigenvalue weighted by Crippen LogP contribution is 2.24. The molecule has 0 saturated heterocycles. The maximum Gasteiger partial charge on any atom is 0.326 e. The topological polar surface area (TPSA) is 92.7 Å². The second-order valence-corrected chi connectivity index (χ2v) is 5.62. The van der Waals surface area contributed by atoms with Crippen LogP contribution in [0.15, 0.2) is 0 Å². The third kappa shape index (κ3) is 5.73. The first kappa shape index (κ1) is 17.5. The largest absolute Gasteiger partial charge is 0.480 e. The monoisotopic (exact) mass is 299 g/mol. The fourth-order valence-electron chi connectivity index (χ4n) is 2.61. The van der Waals surface area contributed by atoms with E-state index in [1.165, 1.54) is 0 Å². The van der Waals surface area contributed by atoms with Crippen molar-refractivity contribution >= 4 is 17.8 Å². The Morgan fingerprint density at radius 2 is 1.86 bits per heavy atom. The summed E-state index contributed by atoms with van der Waals surface area (Å²) in [5.41, 5.74) is 0. The summed E-state index contributed by atoms with van der Waals surface area (Å²) in [6.07, 6.45) is 4.82. The molecule has 6 nitrogen and oxygen atoms in total. The van der Waals surface area contributed by atoms with Crippen molar-refractivity contribution in [2.24, 2.45) is 11.8 Å². The average Bonchev–Trinajstić information content (AvgIpc) is 2.47. The molecule has 1 aliphatic carbocycles. The molecule has 0 aromatic rings. The van der Waals surface area contributed by atoms with Gasteiger partial charge in [0.05, 0.1) is 12.5 Å². The Kier molecular flexibility index (Phi) is 7.19. The predicted molar refractivity (Wildman–Crippen MR) is 76.6 cm³/mol. The molecule has 1 rings (SSSR count). The lowest BCUT2D eigenvalue weighted by Gasteiger charge is -2.24. The molecule has 0 bridgehead atoms. The molecule has 0 unspecified atom stereocenters. The van der Waals surface area contributed by atoms with E-state index >= 15 is 0 Å². The molecule has 2 atom stereocenters. The highest BCUT2D eigenvalue weighted by molar-refractivity contribution is 5.85. The van der Waals surface area contributed by atoms with Gasteiger partial charge in [0, 0.05) is 5.92 Å². The number of carbonyl (C=O) groups is 3. The molecule has 6 heteroatoms. The molecule has 2 N–H and O–H groups in total. The highest BCUT2D eigenvalue weighted by atomic mass is 16.5. The van der Waals surface area contributed by atoms with Gasteiger partial charge in [-0.1, -0.05) is 26.2 Å². The zero-order valence-electron chi connectivity index (χ0n) is 12.8. The van der Waals surface area contributed by atoms with E-state index in [9.17, 15) is 19.5 Å². The normalized spacial score (nSPS) is 18.6. The van der Waals surface area contributed by atoms with Crippen molar-refractivity contribution in [3.63, 3.8) is 0 Å². The van der Waals surface area contributed by atoms with Gasteiger partial charge in [0.2, 0.25) is 5.91 Å². The fourth-order valence-corrected chi connectivity index (χ4v) is 2.61. The molecule has 1 fully saturated rings. The van der Waals surface area contributed by atoms with Gasteiger partial charge in [-0.3, -0.25) is 9.59 Å². The van der Waals surface area contributed by atoms with E-state index in [0.717, 1.165) is 32.1 Å². The zero-order chi connectivity index (χ0) is 15.8. The van der Waals surface area contributed by atoms with Crippen molar-refractivity contribution in [3.05, 3.63) is 0 Å². The second-order valence-electron chi connectivity index (χ2n) is 5.62. The van der Waals surface area contributed by atoms with E-state index in [4.69, 9.17) is 4.74 Å². The lowest BCUT2D eigenvalue weighted by molar-refractivity contribution is -0.149. The summed E-state index contributed by atoms with van der Waals surface area (Å²) >= 11 is 0. The Bertz CT molecular complexity index is 376. The average molecular weight is 299 g/mol. The van der Waals surface area contributed by atoms with Gasteiger partial charge >= 0.3 is 11.9 Å². The summed E-state index contributed by atoms with van der Waals surface area (Å²) in [5.74, 6) is -2.42. The van der Waals surface area contributed by atoms with E-state index in [2.05, 4.69) is 5.32 Å². The van der Waals surface area contributed by atoms with Gasteiger partial charge < -0.3 is 15.2 Å². The molecule has 0 radical (unpaired) electrons. The van der Waals surface area contributed by atoms with Crippen LogP contribution in [0.1, 0.15) is 52.4 Å². The van der Waals surface area contributed by atoms with Crippen LogP contribution in [-0.4, -0.2) is 35.6 Å². The summed E-state index contributed by atoms with van der Waals surface area (Å²) in [7, 11) is 0. The molecule has 0 aromatic carbocycles. The second kappa shape index (κ2) is 8.64. The number of ether oxygens (including phenoxy) is 1. The smallest absolute Gasteiger partial charge is 0.326 e. The summed E-state index contributed by atoms with van der Waals surface area (Å²) < 4.78 is 4.86. The lowest BCUT2D eigenvalue weighted by Crippen LogP contribution is -2.45. The quantitative estimate of drug-likeness (QED) is 0.698. The van der Waals surface area contributed by atoms with Crippen molar-refractivity contribution < 1.29 is 24.2 Å². The number of hydrogen-bond acceptors (Lipinski definition) is 4. The minimum Gasteiger partial charge on any atom is -0.480 e. The Labute approximate surface area is 125 Å². The van der Waals surface area contributed by atoms with Gasteiger partial charge in [-0.25, -0.2) is 4.79 Å². The Morgan fingerprint density at radius 1 is 1.24 bits per heavy atom. The van der Waals surface area contributed by atoms with Crippen LogP contribution in [0.25, 0.3) is 0 Å². The SMILES string of the molecule is CCOC(=O)[C@@H](C)C[C@@H](NC(=O)C1CCCCC1)C(=O)O. The molecule has 21 heavy (non-hydrogen) atoms. The van der Waals surface area contributed by atoms with Gasteiger partial charge in [-0.05, 0) is 26.2 Å². The third-order valence-corrected chi connectivity index (χ3v) is 3.87. The predicted octanol–water partition coefficient (Wildman–Crippen LogP) is 1.73. The summed E-state index contributed by atoms with van der Waals surface area (Å²) in [5, 5.41) is 11.8. The van der Waals surface area contributed by atoms with Crippen LogP contribution in [-0.2, 0) is 19.1 Å². The molecule has 1 aliphatic rings. The first-order valence-electron chi connectivity index (χ1n) is 7.65. The van der Waals surface area contributed by atoms with Gasteiger partial charge in [-0.15, -0.1) is 0 Å². The molecule has 0 aromatic heterocycles. The molecule has 120 valence electrons. The van der Waals surface area contributed by atoms with E-state index in [1.807, 2.05) is 0 Å². The van der Waals surface area contributed by atoms with Crippen LogP contribution in [0.2, 0.25) is 0 Å². The molecule has 0 spiro atoms. The van der Waals surface area contributed by atoms with Crippen molar-refractivity contribution in [1.29, 1.82) is 0 Å². The first-order chi connectivity index (χ1) is 9.95. The van der Waals surface area contributed by atoms with Crippen molar-refractivity contribution in [1.82, 2.24) is 5.32 Å². The number of carbonyl (C=O) groups excluding carboxylic acids is 2. The van der Waals surface area contributed by atoms with Gasteiger partial charge in [0.1, 0.15) is 6.04 Å². The van der Waals surface area contributed by atoms with Crippen LogP contribution in [0.5, 0.6) is 0 Å². The van der Waals surface area contributed by atoms with E-state index in [-0.39, 0.29) is 24.9 Å².